The minimum Gasteiger partial charge on any atom is -0.497 e. The number of hydrogen-bond donors (Lipinski definition) is 0. The molecular weight excluding hydrogens is 355 g/mol. The van der Waals surface area contributed by atoms with Crippen molar-refractivity contribution in [2.24, 2.45) is 5.10 Å². The molecule has 0 bridgehead atoms. The lowest BCUT2D eigenvalue weighted by molar-refractivity contribution is 0.288. The lowest BCUT2D eigenvalue weighted by Crippen LogP contribution is -2.15. The van der Waals surface area contributed by atoms with E-state index in [-0.39, 0.29) is 12.4 Å². The molecule has 0 spiro atoms. The zero-order chi connectivity index (χ0) is 17.9. The highest BCUT2D eigenvalue weighted by Gasteiger charge is 2.20. The number of nitrogens with zero attached hydrogens (tertiary/aromatic N) is 4. The van der Waals surface area contributed by atoms with Gasteiger partial charge < -0.3 is 9.47 Å². The number of hydrogen-bond acceptors (Lipinski definition) is 6. The third-order valence-electron chi connectivity index (χ3n) is 3.82. The molecule has 0 amide bonds. The molecule has 2 aromatic carbocycles. The van der Waals surface area contributed by atoms with E-state index in [0.29, 0.717) is 22.5 Å². The van der Waals surface area contributed by atoms with Gasteiger partial charge in [-0.25, -0.2) is 4.39 Å². The van der Waals surface area contributed by atoms with Gasteiger partial charge in [-0.3, -0.25) is 0 Å². The first kappa shape index (κ1) is 16.6. The van der Waals surface area contributed by atoms with Crippen molar-refractivity contribution < 1.29 is 13.9 Å². The molecular formula is C18H15FN4O2S. The third kappa shape index (κ3) is 3.41. The standard InChI is InChI=1S/C18H15FN4O2S/c1-24-14-3-2-4-15(9-14)25-10-17-20-21-18-23(17)22-16(11-26-18)12-5-7-13(19)8-6-12/h2-9H,10-11H2,1H3. The van der Waals surface area contributed by atoms with Gasteiger partial charge in [0.05, 0.1) is 12.8 Å². The summed E-state index contributed by atoms with van der Waals surface area (Å²) in [6.07, 6.45) is 0. The molecule has 132 valence electrons. The van der Waals surface area contributed by atoms with Crippen molar-refractivity contribution in [3.8, 4) is 11.5 Å². The first-order chi connectivity index (χ1) is 12.7. The van der Waals surface area contributed by atoms with Crippen LogP contribution in [0, 0.1) is 5.82 Å². The van der Waals surface area contributed by atoms with Gasteiger partial charge in [-0.2, -0.15) is 9.78 Å². The maximum absolute atomic E-state index is 13.1. The molecule has 1 aromatic heterocycles. The SMILES string of the molecule is COc1cccc(OCc2nnc3n2N=C(c2ccc(F)cc2)CS3)c1. The fourth-order valence-electron chi connectivity index (χ4n) is 2.48. The minimum atomic E-state index is -0.268. The number of halogens is 1. The van der Waals surface area contributed by atoms with E-state index in [1.807, 2.05) is 18.2 Å². The predicted octanol–water partition coefficient (Wildman–Crippen LogP) is 3.36. The molecule has 1 aliphatic heterocycles. The molecule has 0 N–H and O–H groups in total. The largest absolute Gasteiger partial charge is 0.497 e. The van der Waals surface area contributed by atoms with Crippen molar-refractivity contribution in [1.82, 2.24) is 14.9 Å². The molecule has 0 aliphatic carbocycles. The molecule has 1 aliphatic rings. The quantitative estimate of drug-likeness (QED) is 0.689. The number of thioether (sulfide) groups is 1. The molecule has 3 aromatic rings. The van der Waals surface area contributed by atoms with Gasteiger partial charge in [0.1, 0.15) is 23.9 Å². The highest BCUT2D eigenvalue weighted by molar-refractivity contribution is 7.99. The van der Waals surface area contributed by atoms with Crippen molar-refractivity contribution >= 4 is 17.5 Å². The van der Waals surface area contributed by atoms with Gasteiger partial charge >= 0.3 is 0 Å². The third-order valence-corrected chi connectivity index (χ3v) is 4.75. The Bertz CT molecular complexity index is 956. The van der Waals surface area contributed by atoms with Gasteiger partial charge in [-0.05, 0) is 29.8 Å². The molecule has 4 rings (SSSR count). The molecule has 8 heteroatoms. The summed E-state index contributed by atoms with van der Waals surface area (Å²) >= 11 is 1.53. The van der Waals surface area contributed by atoms with Crippen LogP contribution in [-0.2, 0) is 6.61 Å². The summed E-state index contributed by atoms with van der Waals surface area (Å²) in [4.78, 5) is 0. The summed E-state index contributed by atoms with van der Waals surface area (Å²) < 4.78 is 25.8. The summed E-state index contributed by atoms with van der Waals surface area (Å²) in [5.41, 5.74) is 1.71. The van der Waals surface area contributed by atoms with E-state index in [2.05, 4.69) is 15.3 Å². The van der Waals surface area contributed by atoms with Gasteiger partial charge in [-0.1, -0.05) is 30.0 Å². The minimum absolute atomic E-state index is 0.223. The van der Waals surface area contributed by atoms with Crippen molar-refractivity contribution in [3.05, 3.63) is 65.7 Å². The zero-order valence-electron chi connectivity index (χ0n) is 13.9. The number of rotatable bonds is 5. The molecule has 0 fully saturated rings. The van der Waals surface area contributed by atoms with Gasteiger partial charge in [0.25, 0.3) is 0 Å². The Morgan fingerprint density at radius 3 is 2.73 bits per heavy atom. The summed E-state index contributed by atoms with van der Waals surface area (Å²) in [5.74, 6) is 2.37. The second-order valence-electron chi connectivity index (χ2n) is 5.52. The van der Waals surface area contributed by atoms with Crippen LogP contribution in [0.5, 0.6) is 11.5 Å². The molecule has 0 saturated carbocycles. The number of ether oxygens (including phenoxy) is 2. The molecule has 26 heavy (non-hydrogen) atoms. The van der Waals surface area contributed by atoms with E-state index in [4.69, 9.17) is 9.47 Å². The van der Waals surface area contributed by atoms with Gasteiger partial charge in [0, 0.05) is 11.8 Å². The van der Waals surface area contributed by atoms with E-state index >= 15 is 0 Å². The van der Waals surface area contributed by atoms with Crippen molar-refractivity contribution in [3.63, 3.8) is 0 Å². The van der Waals surface area contributed by atoms with Crippen LogP contribution in [0.4, 0.5) is 4.39 Å². The Morgan fingerprint density at radius 1 is 1.12 bits per heavy atom. The lowest BCUT2D eigenvalue weighted by atomic mass is 10.1. The average Bonchev–Trinajstić information content (AvgIpc) is 3.09. The van der Waals surface area contributed by atoms with E-state index in [1.54, 1.807) is 30.0 Å². The number of methoxy groups -OCH3 is 1. The van der Waals surface area contributed by atoms with Crippen molar-refractivity contribution in [1.29, 1.82) is 0 Å². The Balaban J connectivity index is 1.55. The highest BCUT2D eigenvalue weighted by atomic mass is 32.2. The second kappa shape index (κ2) is 7.17. The van der Waals surface area contributed by atoms with E-state index < -0.39 is 0 Å². The molecule has 0 radical (unpaired) electrons. The average molecular weight is 370 g/mol. The van der Waals surface area contributed by atoms with Crippen LogP contribution >= 0.6 is 11.8 Å². The Morgan fingerprint density at radius 2 is 1.92 bits per heavy atom. The smallest absolute Gasteiger partial charge is 0.212 e. The first-order valence-electron chi connectivity index (χ1n) is 7.90. The summed E-state index contributed by atoms with van der Waals surface area (Å²) in [6, 6.07) is 13.6. The van der Waals surface area contributed by atoms with Crippen LogP contribution in [0.25, 0.3) is 0 Å². The van der Waals surface area contributed by atoms with Crippen LogP contribution in [0.15, 0.2) is 58.8 Å². The molecule has 2 heterocycles. The normalized spacial score (nSPS) is 13.1. The van der Waals surface area contributed by atoms with Crippen LogP contribution in [0.1, 0.15) is 11.4 Å². The second-order valence-corrected chi connectivity index (χ2v) is 6.46. The number of benzene rings is 2. The van der Waals surface area contributed by atoms with Gasteiger partial charge in [-0.15, -0.1) is 10.2 Å². The molecule has 0 atom stereocenters. The fraction of sp³-hybridized carbons (Fsp3) is 0.167. The predicted molar refractivity (Wildman–Crippen MR) is 96.4 cm³/mol. The maximum atomic E-state index is 13.1. The molecule has 0 saturated heterocycles. The van der Waals surface area contributed by atoms with Crippen LogP contribution < -0.4 is 9.47 Å². The van der Waals surface area contributed by atoms with Crippen LogP contribution in [-0.4, -0.2) is 33.4 Å². The Hall–Kier alpha value is -2.87. The van der Waals surface area contributed by atoms with Gasteiger partial charge in [0.15, 0.2) is 5.82 Å². The topological polar surface area (TPSA) is 61.5 Å². The Labute approximate surface area is 153 Å². The maximum Gasteiger partial charge on any atom is 0.212 e. The number of fused-ring (bicyclic) bond motifs is 1. The molecule has 6 nitrogen and oxygen atoms in total. The van der Waals surface area contributed by atoms with Crippen LogP contribution in [0.2, 0.25) is 0 Å². The van der Waals surface area contributed by atoms with Crippen LogP contribution in [0.3, 0.4) is 0 Å². The summed E-state index contributed by atoms with van der Waals surface area (Å²) in [5, 5.41) is 13.6. The van der Waals surface area contributed by atoms with E-state index in [1.165, 1.54) is 23.9 Å². The monoisotopic (exact) mass is 370 g/mol. The summed E-state index contributed by atoms with van der Waals surface area (Å²) in [6.45, 7) is 0.223. The van der Waals surface area contributed by atoms with Gasteiger partial charge in [0.2, 0.25) is 5.16 Å². The Kier molecular flexibility index (Phi) is 4.57. The first-order valence-corrected chi connectivity index (χ1v) is 8.89. The lowest BCUT2D eigenvalue weighted by Gasteiger charge is -2.14. The summed E-state index contributed by atoms with van der Waals surface area (Å²) in [7, 11) is 1.61. The molecule has 0 unspecified atom stereocenters. The number of aromatic nitrogens is 3. The van der Waals surface area contributed by atoms with Crippen molar-refractivity contribution in [2.75, 3.05) is 12.9 Å². The van der Waals surface area contributed by atoms with E-state index in [9.17, 15) is 4.39 Å². The van der Waals surface area contributed by atoms with Crippen molar-refractivity contribution in [2.45, 2.75) is 11.8 Å². The zero-order valence-corrected chi connectivity index (χ0v) is 14.7. The fourth-order valence-corrected chi connectivity index (χ4v) is 3.34. The van der Waals surface area contributed by atoms with E-state index in [0.717, 1.165) is 17.0 Å². The highest BCUT2D eigenvalue weighted by Crippen LogP contribution is 2.25.